The van der Waals surface area contributed by atoms with E-state index in [0.29, 0.717) is 12.2 Å². The predicted molar refractivity (Wildman–Crippen MR) is 78.6 cm³/mol. The van der Waals surface area contributed by atoms with E-state index >= 15 is 0 Å². The van der Waals surface area contributed by atoms with Crippen molar-refractivity contribution in [2.24, 2.45) is 5.73 Å². The Labute approximate surface area is 119 Å². The van der Waals surface area contributed by atoms with Gasteiger partial charge >= 0.3 is 0 Å². The van der Waals surface area contributed by atoms with Gasteiger partial charge in [0.1, 0.15) is 16.2 Å². The van der Waals surface area contributed by atoms with E-state index in [1.165, 1.54) is 35.1 Å². The molecule has 1 aliphatic rings. The van der Waals surface area contributed by atoms with Gasteiger partial charge in [-0.3, -0.25) is 4.79 Å². The third kappa shape index (κ3) is 2.60. The summed E-state index contributed by atoms with van der Waals surface area (Å²) in [6.07, 6.45) is 6.84. The Bertz CT molecular complexity index is 624. The summed E-state index contributed by atoms with van der Waals surface area (Å²) < 4.78 is 0. The number of rotatable bonds is 4. The maximum Gasteiger partial charge on any atom is 0.218 e. The van der Waals surface area contributed by atoms with Gasteiger partial charge in [-0.2, -0.15) is 0 Å². The highest BCUT2D eigenvalue weighted by atomic mass is 32.2. The van der Waals surface area contributed by atoms with Crippen molar-refractivity contribution >= 4 is 39.2 Å². The number of thioether (sulfide) groups is 1. The number of hydrogen-bond acceptors (Lipinski definition) is 5. The van der Waals surface area contributed by atoms with Gasteiger partial charge in [0.05, 0.1) is 0 Å². The van der Waals surface area contributed by atoms with Crippen LogP contribution in [0.4, 0.5) is 0 Å². The number of aromatic nitrogens is 2. The maximum absolute atomic E-state index is 10.8. The molecule has 3 rings (SSSR count). The van der Waals surface area contributed by atoms with E-state index in [0.717, 1.165) is 16.3 Å². The van der Waals surface area contributed by atoms with Crippen LogP contribution in [0.5, 0.6) is 0 Å². The van der Waals surface area contributed by atoms with Gasteiger partial charge in [-0.1, -0.05) is 0 Å². The zero-order valence-corrected chi connectivity index (χ0v) is 12.1. The van der Waals surface area contributed by atoms with E-state index < -0.39 is 0 Å². The molecule has 0 unspecified atom stereocenters. The predicted octanol–water partition coefficient (Wildman–Crippen LogP) is 2.54. The number of hydrogen-bond donors (Lipinski definition) is 1. The lowest BCUT2D eigenvalue weighted by molar-refractivity contribution is -0.117. The van der Waals surface area contributed by atoms with E-state index in [4.69, 9.17) is 5.73 Å². The van der Waals surface area contributed by atoms with Gasteiger partial charge in [0.25, 0.3) is 0 Å². The SMILES string of the molecule is NC(=O)CCSc1ncnc2sc3c(c12)CCCC3. The summed E-state index contributed by atoms with van der Waals surface area (Å²) in [5.74, 6) is 0.427. The van der Waals surface area contributed by atoms with Gasteiger partial charge in [0.15, 0.2) is 0 Å². The number of nitrogens with zero attached hydrogens (tertiary/aromatic N) is 2. The first-order valence-electron chi connectivity index (χ1n) is 6.42. The van der Waals surface area contributed by atoms with Crippen LogP contribution in [-0.4, -0.2) is 21.6 Å². The fraction of sp³-hybridized carbons (Fsp3) is 0.462. The van der Waals surface area contributed by atoms with Crippen LogP contribution in [0, 0.1) is 0 Å². The average molecular weight is 293 g/mol. The monoisotopic (exact) mass is 293 g/mol. The molecule has 0 saturated carbocycles. The van der Waals surface area contributed by atoms with Crippen molar-refractivity contribution in [3.05, 3.63) is 16.8 Å². The molecule has 0 bridgehead atoms. The number of thiophene rings is 1. The minimum absolute atomic E-state index is 0.259. The Morgan fingerprint density at radius 3 is 3.05 bits per heavy atom. The van der Waals surface area contributed by atoms with Gasteiger partial charge in [-0.15, -0.1) is 23.1 Å². The number of primary amides is 1. The van der Waals surface area contributed by atoms with Crippen molar-refractivity contribution in [2.75, 3.05) is 5.75 Å². The summed E-state index contributed by atoms with van der Waals surface area (Å²) in [7, 11) is 0. The summed E-state index contributed by atoms with van der Waals surface area (Å²) in [6.45, 7) is 0. The molecule has 0 aromatic carbocycles. The Hall–Kier alpha value is -1.14. The van der Waals surface area contributed by atoms with Gasteiger partial charge < -0.3 is 5.73 Å². The largest absolute Gasteiger partial charge is 0.370 e. The van der Waals surface area contributed by atoms with Crippen LogP contribution in [0.2, 0.25) is 0 Å². The molecule has 2 N–H and O–H groups in total. The number of carbonyl (C=O) groups is 1. The van der Waals surface area contributed by atoms with Gasteiger partial charge in [-0.25, -0.2) is 9.97 Å². The summed E-state index contributed by atoms with van der Waals surface area (Å²) in [4.78, 5) is 22.2. The number of nitrogens with two attached hydrogens (primary N) is 1. The Morgan fingerprint density at radius 1 is 1.37 bits per heavy atom. The summed E-state index contributed by atoms with van der Waals surface area (Å²) >= 11 is 3.41. The molecule has 1 aliphatic carbocycles. The number of amides is 1. The quantitative estimate of drug-likeness (QED) is 0.695. The first-order valence-corrected chi connectivity index (χ1v) is 8.22. The zero-order valence-electron chi connectivity index (χ0n) is 10.5. The molecule has 0 radical (unpaired) electrons. The highest BCUT2D eigenvalue weighted by molar-refractivity contribution is 7.99. The lowest BCUT2D eigenvalue weighted by Gasteiger charge is -2.11. The lowest BCUT2D eigenvalue weighted by atomic mass is 9.97. The molecule has 2 aromatic heterocycles. The summed E-state index contributed by atoms with van der Waals surface area (Å²) in [5, 5.41) is 2.22. The number of fused-ring (bicyclic) bond motifs is 3. The third-order valence-electron chi connectivity index (χ3n) is 3.30. The van der Waals surface area contributed by atoms with Crippen LogP contribution in [0.25, 0.3) is 10.2 Å². The fourth-order valence-electron chi connectivity index (χ4n) is 2.42. The molecule has 100 valence electrons. The molecular weight excluding hydrogens is 278 g/mol. The molecule has 2 heterocycles. The lowest BCUT2D eigenvalue weighted by Crippen LogP contribution is -2.10. The number of carbonyl (C=O) groups excluding carboxylic acids is 1. The molecule has 6 heteroatoms. The molecular formula is C13H15N3OS2. The van der Waals surface area contributed by atoms with Crippen LogP contribution in [0.1, 0.15) is 29.7 Å². The van der Waals surface area contributed by atoms with Crippen molar-refractivity contribution < 1.29 is 4.79 Å². The molecule has 0 aliphatic heterocycles. The fourth-order valence-corrected chi connectivity index (χ4v) is 4.69. The summed E-state index contributed by atoms with van der Waals surface area (Å²) in [5.41, 5.74) is 6.62. The Morgan fingerprint density at radius 2 is 2.21 bits per heavy atom. The van der Waals surface area contributed by atoms with E-state index in [-0.39, 0.29) is 5.91 Å². The first-order chi connectivity index (χ1) is 9.25. The molecule has 0 atom stereocenters. The van der Waals surface area contributed by atoms with E-state index in [2.05, 4.69) is 9.97 Å². The second-order valence-corrected chi connectivity index (χ2v) is 6.80. The molecule has 0 saturated heterocycles. The molecule has 4 nitrogen and oxygen atoms in total. The minimum Gasteiger partial charge on any atom is -0.370 e. The second kappa shape index (κ2) is 5.46. The Kier molecular flexibility index (Phi) is 3.70. The van der Waals surface area contributed by atoms with Crippen molar-refractivity contribution in [1.29, 1.82) is 0 Å². The highest BCUT2D eigenvalue weighted by Gasteiger charge is 2.19. The van der Waals surface area contributed by atoms with Crippen LogP contribution >= 0.6 is 23.1 Å². The maximum atomic E-state index is 10.8. The van der Waals surface area contributed by atoms with Gasteiger partial charge in [-0.05, 0) is 31.2 Å². The van der Waals surface area contributed by atoms with Crippen molar-refractivity contribution in [3.8, 4) is 0 Å². The van der Waals surface area contributed by atoms with Crippen molar-refractivity contribution in [3.63, 3.8) is 0 Å². The molecule has 19 heavy (non-hydrogen) atoms. The number of aryl methyl sites for hydroxylation is 2. The molecule has 0 spiro atoms. The first kappa shape index (κ1) is 12.9. The Balaban J connectivity index is 1.95. The van der Waals surface area contributed by atoms with Crippen LogP contribution in [0.3, 0.4) is 0 Å². The van der Waals surface area contributed by atoms with Crippen LogP contribution in [0.15, 0.2) is 11.4 Å². The highest BCUT2D eigenvalue weighted by Crippen LogP contribution is 2.39. The van der Waals surface area contributed by atoms with Crippen molar-refractivity contribution in [2.45, 2.75) is 37.1 Å². The van der Waals surface area contributed by atoms with Gasteiger partial charge in [0.2, 0.25) is 5.91 Å². The average Bonchev–Trinajstić information content (AvgIpc) is 2.77. The standard InChI is InChI=1S/C13H15N3OS2/c14-10(17)5-6-18-12-11-8-3-1-2-4-9(8)19-13(11)16-7-15-12/h7H,1-6H2,(H2,14,17). The van der Waals surface area contributed by atoms with Crippen molar-refractivity contribution in [1.82, 2.24) is 9.97 Å². The molecule has 1 amide bonds. The molecule has 2 aromatic rings. The normalized spacial score (nSPS) is 14.5. The van der Waals surface area contributed by atoms with E-state index in [1.807, 2.05) is 0 Å². The zero-order chi connectivity index (χ0) is 13.2. The molecule has 0 fully saturated rings. The second-order valence-electron chi connectivity index (χ2n) is 4.63. The van der Waals surface area contributed by atoms with E-state index in [1.54, 1.807) is 29.4 Å². The third-order valence-corrected chi connectivity index (χ3v) is 5.49. The topological polar surface area (TPSA) is 68.9 Å². The van der Waals surface area contributed by atoms with E-state index in [9.17, 15) is 4.79 Å². The van der Waals surface area contributed by atoms with Crippen LogP contribution < -0.4 is 5.73 Å². The minimum atomic E-state index is -0.259. The smallest absolute Gasteiger partial charge is 0.218 e. The van der Waals surface area contributed by atoms with Gasteiger partial charge in [0, 0.05) is 22.4 Å². The summed E-state index contributed by atoms with van der Waals surface area (Å²) in [6, 6.07) is 0. The van der Waals surface area contributed by atoms with Crippen LogP contribution in [-0.2, 0) is 17.6 Å².